The van der Waals surface area contributed by atoms with Gasteiger partial charge in [0.2, 0.25) is 0 Å². The van der Waals surface area contributed by atoms with Crippen LogP contribution in [0.3, 0.4) is 0 Å². The molecule has 96 valence electrons. The first-order valence-electron chi connectivity index (χ1n) is 5.34. The fourth-order valence-electron chi connectivity index (χ4n) is 1.88. The summed E-state index contributed by atoms with van der Waals surface area (Å²) < 4.78 is 4.75. The molecule has 1 saturated heterocycles. The second kappa shape index (κ2) is 5.51. The molecule has 1 rings (SSSR count). The number of nitrogens with zero attached hydrogens (tertiary/aromatic N) is 1. The fraction of sp³-hybridized carbons (Fsp3) is 0.700. The van der Waals surface area contributed by atoms with Gasteiger partial charge in [-0.2, -0.15) is 0 Å². The van der Waals surface area contributed by atoms with Crippen molar-refractivity contribution in [3.8, 4) is 0 Å². The van der Waals surface area contributed by atoms with Gasteiger partial charge in [0.1, 0.15) is 0 Å². The predicted molar refractivity (Wildman–Crippen MR) is 55.5 cm³/mol. The molecule has 0 aromatic heterocycles. The van der Waals surface area contributed by atoms with Crippen LogP contribution in [0, 0.1) is 11.8 Å². The average Bonchev–Trinajstić information content (AvgIpc) is 2.28. The molecule has 0 aromatic carbocycles. The third-order valence-corrected chi connectivity index (χ3v) is 2.77. The van der Waals surface area contributed by atoms with Gasteiger partial charge in [0, 0.05) is 13.1 Å². The third kappa shape index (κ3) is 3.08. The van der Waals surface area contributed by atoms with Crippen molar-refractivity contribution in [3.05, 3.63) is 0 Å². The topological polar surface area (TPSA) is 104 Å². The molecule has 7 heteroatoms. The molecular weight excluding hydrogens is 230 g/mol. The lowest BCUT2D eigenvalue weighted by molar-refractivity contribution is -0.156. The van der Waals surface area contributed by atoms with Crippen molar-refractivity contribution >= 4 is 18.0 Å². The summed E-state index contributed by atoms with van der Waals surface area (Å²) in [7, 11) is 0. The van der Waals surface area contributed by atoms with Crippen molar-refractivity contribution in [2.75, 3.05) is 19.7 Å². The Hall–Kier alpha value is -1.79. The van der Waals surface area contributed by atoms with E-state index < -0.39 is 29.9 Å². The highest BCUT2D eigenvalue weighted by Gasteiger charge is 2.40. The second-order valence-corrected chi connectivity index (χ2v) is 3.82. The highest BCUT2D eigenvalue weighted by molar-refractivity contribution is 5.81. The van der Waals surface area contributed by atoms with Gasteiger partial charge in [0.25, 0.3) is 0 Å². The first kappa shape index (κ1) is 13.3. The molecule has 1 aliphatic heterocycles. The van der Waals surface area contributed by atoms with Crippen LogP contribution in [0.4, 0.5) is 4.79 Å². The Kier molecular flexibility index (Phi) is 4.30. The molecule has 0 spiro atoms. The Balaban J connectivity index is 2.72. The molecule has 0 radical (unpaired) electrons. The molecule has 0 saturated carbocycles. The number of amides is 1. The summed E-state index contributed by atoms with van der Waals surface area (Å²) in [5, 5.41) is 17.8. The quantitative estimate of drug-likeness (QED) is 0.738. The van der Waals surface area contributed by atoms with Crippen molar-refractivity contribution in [1.29, 1.82) is 0 Å². The van der Waals surface area contributed by atoms with E-state index in [9.17, 15) is 14.4 Å². The number of aliphatic carboxylic acids is 2. The number of carboxylic acid groups (broad SMARTS) is 2. The summed E-state index contributed by atoms with van der Waals surface area (Å²) in [5.74, 6) is -4.36. The van der Waals surface area contributed by atoms with Crippen LogP contribution in [-0.2, 0) is 14.3 Å². The van der Waals surface area contributed by atoms with Gasteiger partial charge < -0.3 is 19.8 Å². The maximum atomic E-state index is 11.4. The van der Waals surface area contributed by atoms with Crippen LogP contribution >= 0.6 is 0 Å². The van der Waals surface area contributed by atoms with Crippen molar-refractivity contribution in [3.63, 3.8) is 0 Å². The normalized spacial score (nSPS) is 24.2. The van der Waals surface area contributed by atoms with E-state index in [0.717, 1.165) is 0 Å². The largest absolute Gasteiger partial charge is 0.481 e. The van der Waals surface area contributed by atoms with Crippen LogP contribution in [0.25, 0.3) is 0 Å². The van der Waals surface area contributed by atoms with Crippen molar-refractivity contribution in [2.24, 2.45) is 11.8 Å². The fourth-order valence-corrected chi connectivity index (χ4v) is 1.88. The standard InChI is InChI=1S/C10H15NO6/c1-2-17-10(16)11-4-3-6(8(12)13)7(5-11)9(14)15/h6-7H,2-5H2,1H3,(H,12,13)(H,14,15). The van der Waals surface area contributed by atoms with Gasteiger partial charge in [0.15, 0.2) is 0 Å². The molecule has 7 nitrogen and oxygen atoms in total. The van der Waals surface area contributed by atoms with Crippen molar-refractivity contribution in [2.45, 2.75) is 13.3 Å². The summed E-state index contributed by atoms with van der Waals surface area (Å²) in [5.41, 5.74) is 0. The minimum atomic E-state index is -1.20. The molecule has 2 atom stereocenters. The monoisotopic (exact) mass is 245 g/mol. The number of carbonyl (C=O) groups is 3. The smallest absolute Gasteiger partial charge is 0.409 e. The predicted octanol–water partition coefficient (Wildman–Crippen LogP) is 0.250. The van der Waals surface area contributed by atoms with Gasteiger partial charge in [-0.15, -0.1) is 0 Å². The molecule has 0 aromatic rings. The van der Waals surface area contributed by atoms with Crippen LogP contribution in [0.1, 0.15) is 13.3 Å². The lowest BCUT2D eigenvalue weighted by Crippen LogP contribution is -2.48. The number of ether oxygens (including phenoxy) is 1. The molecule has 1 fully saturated rings. The number of likely N-dealkylation sites (tertiary alicyclic amines) is 1. The van der Waals surface area contributed by atoms with E-state index in [4.69, 9.17) is 14.9 Å². The SMILES string of the molecule is CCOC(=O)N1CCC(C(=O)O)C(C(=O)O)C1. The van der Waals surface area contributed by atoms with Gasteiger partial charge in [-0.25, -0.2) is 4.79 Å². The zero-order chi connectivity index (χ0) is 13.0. The second-order valence-electron chi connectivity index (χ2n) is 3.82. The Labute approximate surface area is 98.0 Å². The summed E-state index contributed by atoms with van der Waals surface area (Å²) >= 11 is 0. The van der Waals surface area contributed by atoms with Gasteiger partial charge in [-0.3, -0.25) is 9.59 Å². The Morgan fingerprint density at radius 1 is 1.24 bits per heavy atom. The van der Waals surface area contributed by atoms with Crippen molar-refractivity contribution in [1.82, 2.24) is 4.90 Å². The Morgan fingerprint density at radius 3 is 2.29 bits per heavy atom. The summed E-state index contributed by atoms with van der Waals surface area (Å²) in [6.07, 6.45) is -0.465. The molecule has 0 bridgehead atoms. The van der Waals surface area contributed by atoms with Crippen LogP contribution in [0.15, 0.2) is 0 Å². The first-order valence-corrected chi connectivity index (χ1v) is 5.34. The van der Waals surface area contributed by atoms with Crippen molar-refractivity contribution < 1.29 is 29.3 Å². The zero-order valence-corrected chi connectivity index (χ0v) is 9.46. The number of hydrogen-bond acceptors (Lipinski definition) is 4. The number of rotatable bonds is 3. The Morgan fingerprint density at radius 2 is 1.82 bits per heavy atom. The van der Waals surface area contributed by atoms with Crippen LogP contribution in [-0.4, -0.2) is 52.8 Å². The van der Waals surface area contributed by atoms with Gasteiger partial charge in [0.05, 0.1) is 18.4 Å². The van der Waals surface area contributed by atoms with E-state index in [0.29, 0.717) is 0 Å². The summed E-state index contributed by atoms with van der Waals surface area (Å²) in [6.45, 7) is 1.94. The minimum Gasteiger partial charge on any atom is -0.481 e. The molecular formula is C10H15NO6. The van der Waals surface area contributed by atoms with Gasteiger partial charge in [-0.1, -0.05) is 0 Å². The average molecular weight is 245 g/mol. The number of carbonyl (C=O) groups excluding carboxylic acids is 1. The van der Waals surface area contributed by atoms with Crippen LogP contribution in [0.5, 0.6) is 0 Å². The first-order chi connectivity index (χ1) is 7.97. The number of piperidine rings is 1. The minimum absolute atomic E-state index is 0.120. The number of hydrogen-bond donors (Lipinski definition) is 2. The maximum absolute atomic E-state index is 11.4. The summed E-state index contributed by atoms with van der Waals surface area (Å²) in [6, 6.07) is 0. The highest BCUT2D eigenvalue weighted by Crippen LogP contribution is 2.24. The zero-order valence-electron chi connectivity index (χ0n) is 9.46. The van der Waals surface area contributed by atoms with Crippen LogP contribution in [0.2, 0.25) is 0 Å². The summed E-state index contributed by atoms with van der Waals surface area (Å²) in [4.78, 5) is 34.5. The van der Waals surface area contributed by atoms with E-state index in [1.54, 1.807) is 6.92 Å². The molecule has 1 aliphatic rings. The molecule has 2 N–H and O–H groups in total. The molecule has 1 heterocycles. The van der Waals surface area contributed by atoms with Gasteiger partial charge in [-0.05, 0) is 13.3 Å². The van der Waals surface area contributed by atoms with E-state index in [2.05, 4.69) is 0 Å². The number of carboxylic acids is 2. The van der Waals surface area contributed by atoms with E-state index in [1.807, 2.05) is 0 Å². The Bertz CT molecular complexity index is 329. The molecule has 2 unspecified atom stereocenters. The maximum Gasteiger partial charge on any atom is 0.409 e. The van der Waals surface area contributed by atoms with E-state index in [-0.39, 0.29) is 26.1 Å². The molecule has 0 aliphatic carbocycles. The third-order valence-electron chi connectivity index (χ3n) is 2.77. The lowest BCUT2D eigenvalue weighted by atomic mass is 9.86. The molecule has 17 heavy (non-hydrogen) atoms. The van der Waals surface area contributed by atoms with E-state index >= 15 is 0 Å². The molecule has 1 amide bonds. The lowest BCUT2D eigenvalue weighted by Gasteiger charge is -2.33. The van der Waals surface area contributed by atoms with E-state index in [1.165, 1.54) is 4.90 Å². The van der Waals surface area contributed by atoms with Crippen LogP contribution < -0.4 is 0 Å². The highest BCUT2D eigenvalue weighted by atomic mass is 16.6. The van der Waals surface area contributed by atoms with Gasteiger partial charge >= 0.3 is 18.0 Å².